The first-order chi connectivity index (χ1) is 9.40. The van der Waals surface area contributed by atoms with Gasteiger partial charge in [-0.3, -0.25) is 9.69 Å². The topological polar surface area (TPSA) is 32.3 Å². The Balaban J connectivity index is 2.19. The summed E-state index contributed by atoms with van der Waals surface area (Å²) in [5.41, 5.74) is 0. The number of hydrogen-bond acceptors (Lipinski definition) is 2. The van der Waals surface area contributed by atoms with Crippen LogP contribution in [0.5, 0.6) is 0 Å². The van der Waals surface area contributed by atoms with Gasteiger partial charge in [-0.1, -0.05) is 18.2 Å². The van der Waals surface area contributed by atoms with Gasteiger partial charge >= 0.3 is 6.18 Å². The maximum atomic E-state index is 12.2. The fourth-order valence-corrected chi connectivity index (χ4v) is 2.17. The summed E-state index contributed by atoms with van der Waals surface area (Å²) in [5.74, 6) is -0.105. The fraction of sp³-hybridized carbons (Fsp3) is 0.643. The van der Waals surface area contributed by atoms with Crippen LogP contribution in [0.25, 0.3) is 0 Å². The lowest BCUT2D eigenvalue weighted by atomic mass is 10.2. The molecule has 1 saturated heterocycles. The van der Waals surface area contributed by atoms with Gasteiger partial charge in [0.1, 0.15) is 0 Å². The smallest absolute Gasteiger partial charge is 0.352 e. The van der Waals surface area contributed by atoms with Crippen LogP contribution in [-0.4, -0.2) is 42.7 Å². The van der Waals surface area contributed by atoms with E-state index in [-0.39, 0.29) is 18.5 Å². The summed E-state index contributed by atoms with van der Waals surface area (Å²) in [6.45, 7) is 3.33. The molecule has 114 valence electrons. The zero-order valence-electron chi connectivity index (χ0n) is 11.5. The highest BCUT2D eigenvalue weighted by atomic mass is 19.4. The Morgan fingerprint density at radius 1 is 1.40 bits per heavy atom. The molecule has 1 aliphatic heterocycles. The van der Waals surface area contributed by atoms with Crippen LogP contribution in [0.1, 0.15) is 25.7 Å². The Morgan fingerprint density at radius 2 is 2.15 bits per heavy atom. The van der Waals surface area contributed by atoms with E-state index in [0.717, 1.165) is 6.42 Å². The fourth-order valence-electron chi connectivity index (χ4n) is 2.17. The minimum absolute atomic E-state index is 0.105. The van der Waals surface area contributed by atoms with Gasteiger partial charge < -0.3 is 5.32 Å². The maximum absolute atomic E-state index is 12.2. The minimum atomic E-state index is -4.17. The van der Waals surface area contributed by atoms with Crippen LogP contribution in [0.2, 0.25) is 0 Å². The summed E-state index contributed by atoms with van der Waals surface area (Å²) in [6, 6.07) is -0.165. The third-order valence-electron chi connectivity index (χ3n) is 3.05. The maximum Gasteiger partial charge on any atom is 0.401 e. The summed E-state index contributed by atoms with van der Waals surface area (Å²) in [6.07, 6.45) is 3.79. The van der Waals surface area contributed by atoms with Gasteiger partial charge in [0.2, 0.25) is 5.91 Å². The molecule has 1 heterocycles. The van der Waals surface area contributed by atoms with E-state index in [1.807, 2.05) is 12.2 Å². The lowest BCUT2D eigenvalue weighted by Gasteiger charge is -2.18. The molecule has 1 N–H and O–H groups in total. The van der Waals surface area contributed by atoms with Crippen molar-refractivity contribution in [2.24, 2.45) is 0 Å². The van der Waals surface area contributed by atoms with Crippen molar-refractivity contribution in [2.75, 3.05) is 19.6 Å². The second-order valence-electron chi connectivity index (χ2n) is 4.94. The number of carbonyl (C=O) groups is 1. The molecule has 1 rings (SSSR count). The molecule has 1 amide bonds. The Hall–Kier alpha value is -1.30. The summed E-state index contributed by atoms with van der Waals surface area (Å²) in [5, 5.41) is 2.78. The van der Waals surface area contributed by atoms with Crippen molar-refractivity contribution in [2.45, 2.75) is 37.9 Å². The third-order valence-corrected chi connectivity index (χ3v) is 3.05. The number of nitrogens with one attached hydrogen (secondary N) is 1. The highest BCUT2D eigenvalue weighted by molar-refractivity contribution is 5.76. The van der Waals surface area contributed by atoms with Crippen LogP contribution < -0.4 is 5.32 Å². The van der Waals surface area contributed by atoms with Crippen LogP contribution in [-0.2, 0) is 4.79 Å². The molecule has 1 fully saturated rings. The third kappa shape index (κ3) is 7.33. The van der Waals surface area contributed by atoms with Crippen molar-refractivity contribution in [3.8, 4) is 0 Å². The van der Waals surface area contributed by atoms with Gasteiger partial charge in [0.25, 0.3) is 0 Å². The summed E-state index contributed by atoms with van der Waals surface area (Å²) in [7, 11) is 0. The molecule has 0 aliphatic carbocycles. The molecule has 20 heavy (non-hydrogen) atoms. The molecule has 0 aromatic carbocycles. The second-order valence-corrected chi connectivity index (χ2v) is 4.94. The highest BCUT2D eigenvalue weighted by Gasteiger charge is 2.34. The first-order valence-electron chi connectivity index (χ1n) is 6.75. The average molecular weight is 290 g/mol. The first-order valence-corrected chi connectivity index (χ1v) is 6.75. The number of amides is 1. The molecule has 6 heteroatoms. The number of rotatable bonds is 7. The molecule has 0 radical (unpaired) electrons. The van der Waals surface area contributed by atoms with Crippen molar-refractivity contribution in [3.05, 3.63) is 24.8 Å². The lowest BCUT2D eigenvalue weighted by Crippen LogP contribution is -2.39. The second kappa shape index (κ2) is 8.09. The molecule has 0 bridgehead atoms. The number of halogens is 3. The number of alkyl halides is 3. The van der Waals surface area contributed by atoms with E-state index >= 15 is 0 Å². The van der Waals surface area contributed by atoms with Gasteiger partial charge in [-0.2, -0.15) is 13.2 Å². The first kappa shape index (κ1) is 16.8. The van der Waals surface area contributed by atoms with Crippen molar-refractivity contribution in [1.29, 1.82) is 0 Å². The van der Waals surface area contributed by atoms with Crippen LogP contribution in [0.4, 0.5) is 13.2 Å². The minimum Gasteiger partial charge on any atom is -0.352 e. The molecular weight excluding hydrogens is 269 g/mol. The Labute approximate surface area is 117 Å². The molecule has 3 nitrogen and oxygen atoms in total. The summed E-state index contributed by atoms with van der Waals surface area (Å²) >= 11 is 0. The van der Waals surface area contributed by atoms with Gasteiger partial charge in [0.15, 0.2) is 0 Å². The van der Waals surface area contributed by atoms with Gasteiger partial charge in [-0.25, -0.2) is 0 Å². The van der Waals surface area contributed by atoms with Crippen LogP contribution in [0.3, 0.4) is 0 Å². The molecule has 1 atom stereocenters. The van der Waals surface area contributed by atoms with E-state index in [0.29, 0.717) is 25.8 Å². The van der Waals surface area contributed by atoms with E-state index in [2.05, 4.69) is 11.9 Å². The number of allylic oxidation sites excluding steroid dienone is 3. The average Bonchev–Trinajstić information content (AvgIpc) is 2.73. The van der Waals surface area contributed by atoms with Crippen LogP contribution >= 0.6 is 0 Å². The van der Waals surface area contributed by atoms with E-state index in [4.69, 9.17) is 0 Å². The summed E-state index contributed by atoms with van der Waals surface area (Å²) < 4.78 is 36.7. The molecular formula is C14H21F3N2O. The Kier molecular flexibility index (Phi) is 6.78. The van der Waals surface area contributed by atoms with Gasteiger partial charge in [0, 0.05) is 25.6 Å². The number of carbonyl (C=O) groups excluding carboxylic acids is 1. The monoisotopic (exact) mass is 290 g/mol. The highest BCUT2D eigenvalue weighted by Crippen LogP contribution is 2.19. The van der Waals surface area contributed by atoms with Crippen LogP contribution in [0, 0.1) is 0 Å². The van der Waals surface area contributed by atoms with Gasteiger partial charge in [-0.05, 0) is 19.3 Å². The van der Waals surface area contributed by atoms with Crippen molar-refractivity contribution in [1.82, 2.24) is 10.2 Å². The van der Waals surface area contributed by atoms with Crippen molar-refractivity contribution >= 4 is 5.91 Å². The summed E-state index contributed by atoms with van der Waals surface area (Å²) in [4.78, 5) is 12.9. The number of likely N-dealkylation sites (tertiary alicyclic amines) is 1. The molecule has 0 spiro atoms. The molecule has 0 saturated carbocycles. The number of hydrogen-bond donors (Lipinski definition) is 1. The van der Waals surface area contributed by atoms with Crippen molar-refractivity contribution < 1.29 is 18.0 Å². The van der Waals surface area contributed by atoms with Crippen molar-refractivity contribution in [3.63, 3.8) is 0 Å². The van der Waals surface area contributed by atoms with E-state index < -0.39 is 12.7 Å². The molecule has 1 unspecified atom stereocenters. The normalized spacial score (nSPS) is 20.4. The Bertz CT molecular complexity index is 353. The zero-order valence-corrected chi connectivity index (χ0v) is 11.5. The Morgan fingerprint density at radius 3 is 2.80 bits per heavy atom. The van der Waals surface area contributed by atoms with E-state index in [1.165, 1.54) is 4.90 Å². The molecule has 1 aliphatic rings. The van der Waals surface area contributed by atoms with E-state index in [9.17, 15) is 18.0 Å². The van der Waals surface area contributed by atoms with Gasteiger partial charge in [-0.15, -0.1) is 6.58 Å². The van der Waals surface area contributed by atoms with E-state index in [1.54, 1.807) is 6.08 Å². The quantitative estimate of drug-likeness (QED) is 0.731. The number of nitrogens with zero attached hydrogens (tertiary/aromatic N) is 1. The lowest BCUT2D eigenvalue weighted by molar-refractivity contribution is -0.143. The SMILES string of the molecule is C=CC/C=C/CCC(=O)NC1CCN(CC(F)(F)F)C1. The predicted octanol–water partition coefficient (Wildman–Crippen LogP) is 2.65. The predicted molar refractivity (Wildman–Crippen MR) is 72.2 cm³/mol. The standard InChI is InChI=1S/C14H21F3N2O/c1-2-3-4-5-6-7-13(20)18-12-8-9-19(10-12)11-14(15,16)17/h2,4-5,12H,1,3,6-11H2,(H,18,20)/b5-4+. The molecule has 0 aromatic heterocycles. The van der Waals surface area contributed by atoms with Crippen LogP contribution in [0.15, 0.2) is 24.8 Å². The largest absolute Gasteiger partial charge is 0.401 e. The zero-order chi connectivity index (χ0) is 15.0. The van der Waals surface area contributed by atoms with Gasteiger partial charge in [0.05, 0.1) is 6.54 Å². The molecule has 0 aromatic rings.